The van der Waals surface area contributed by atoms with Gasteiger partial charge in [0.05, 0.1) is 6.04 Å². The summed E-state index contributed by atoms with van der Waals surface area (Å²) in [5.74, 6) is -0.288. The average molecular weight is 255 g/mol. The molecule has 2 atom stereocenters. The molecular formula is C12H21N3O3. The first-order valence-electron chi connectivity index (χ1n) is 6.60. The molecule has 0 aliphatic carbocycles. The summed E-state index contributed by atoms with van der Waals surface area (Å²) in [4.78, 5) is 17.4. The van der Waals surface area contributed by atoms with Crippen LogP contribution in [0.25, 0.3) is 0 Å². The van der Waals surface area contributed by atoms with E-state index in [1.54, 1.807) is 4.90 Å². The summed E-state index contributed by atoms with van der Waals surface area (Å²) in [7, 11) is 0. The van der Waals surface area contributed by atoms with E-state index in [9.17, 15) is 9.90 Å². The Balaban J connectivity index is 2.06. The van der Waals surface area contributed by atoms with Gasteiger partial charge in [0.1, 0.15) is 18.5 Å². The number of aliphatic hydroxyl groups excluding tert-OH is 1. The van der Waals surface area contributed by atoms with Crippen LogP contribution in [0.5, 0.6) is 0 Å². The van der Waals surface area contributed by atoms with Gasteiger partial charge in [0.2, 0.25) is 0 Å². The minimum absolute atomic E-state index is 0.163. The fourth-order valence-corrected chi connectivity index (χ4v) is 2.69. The zero-order valence-corrected chi connectivity index (χ0v) is 10.5. The molecule has 0 amide bonds. The lowest BCUT2D eigenvalue weighted by molar-refractivity contribution is -0.140. The van der Waals surface area contributed by atoms with Gasteiger partial charge in [-0.2, -0.15) is 0 Å². The van der Waals surface area contributed by atoms with Gasteiger partial charge in [0, 0.05) is 13.1 Å². The molecule has 2 heterocycles. The third-order valence-electron chi connectivity index (χ3n) is 3.61. The number of amidine groups is 1. The summed E-state index contributed by atoms with van der Waals surface area (Å²) in [6, 6.07) is -0.358. The molecule has 0 bridgehead atoms. The molecule has 2 fully saturated rings. The Hall–Kier alpha value is -1.14. The zero-order chi connectivity index (χ0) is 13.0. The number of aliphatic imine (C=N–C) groups is 1. The molecule has 6 nitrogen and oxygen atoms in total. The Kier molecular flexibility index (Phi) is 4.54. The van der Waals surface area contributed by atoms with Crippen molar-refractivity contribution < 1.29 is 15.0 Å². The number of piperidine rings is 1. The minimum Gasteiger partial charge on any atom is -0.480 e. The third kappa shape index (κ3) is 3.00. The third-order valence-corrected chi connectivity index (χ3v) is 3.61. The van der Waals surface area contributed by atoms with Crippen LogP contribution in [0.4, 0.5) is 0 Å². The molecule has 2 saturated heterocycles. The molecule has 0 spiro atoms. The summed E-state index contributed by atoms with van der Waals surface area (Å²) in [6.45, 7) is 2.33. The standard InChI is InChI=1S/C12H21N3O3/c16-8-11(14-9-3-1-5-13-7-9)15-6-2-4-10(15)12(17)18/h9-10,13,16H,1-8H2,(H,17,18). The maximum Gasteiger partial charge on any atom is 0.326 e. The maximum atomic E-state index is 11.1. The van der Waals surface area contributed by atoms with Crippen LogP contribution in [-0.4, -0.2) is 65.2 Å². The normalized spacial score (nSPS) is 29.6. The highest BCUT2D eigenvalue weighted by Crippen LogP contribution is 2.19. The molecule has 3 N–H and O–H groups in total. The van der Waals surface area contributed by atoms with Crippen molar-refractivity contribution in [1.82, 2.24) is 10.2 Å². The largest absolute Gasteiger partial charge is 0.480 e. The van der Waals surface area contributed by atoms with E-state index >= 15 is 0 Å². The number of carboxylic acid groups (broad SMARTS) is 1. The Labute approximate surface area is 107 Å². The number of carbonyl (C=O) groups is 1. The van der Waals surface area contributed by atoms with E-state index in [1.807, 2.05) is 0 Å². The van der Waals surface area contributed by atoms with Gasteiger partial charge in [0.15, 0.2) is 0 Å². The van der Waals surface area contributed by atoms with Crippen molar-refractivity contribution in [1.29, 1.82) is 0 Å². The lowest BCUT2D eigenvalue weighted by atomic mass is 10.1. The van der Waals surface area contributed by atoms with Crippen molar-refractivity contribution >= 4 is 11.8 Å². The molecule has 2 rings (SSSR count). The van der Waals surface area contributed by atoms with Crippen molar-refractivity contribution in [2.45, 2.75) is 37.8 Å². The lowest BCUT2D eigenvalue weighted by Crippen LogP contribution is -2.43. The van der Waals surface area contributed by atoms with E-state index in [-0.39, 0.29) is 12.6 Å². The van der Waals surface area contributed by atoms with Crippen molar-refractivity contribution in [2.24, 2.45) is 4.99 Å². The number of hydrogen-bond donors (Lipinski definition) is 3. The summed E-state index contributed by atoms with van der Waals surface area (Å²) in [6.07, 6.45) is 3.56. The van der Waals surface area contributed by atoms with Crippen molar-refractivity contribution in [2.75, 3.05) is 26.2 Å². The topological polar surface area (TPSA) is 85.2 Å². The Morgan fingerprint density at radius 2 is 2.22 bits per heavy atom. The van der Waals surface area contributed by atoms with Crippen molar-refractivity contribution in [3.8, 4) is 0 Å². The highest BCUT2D eigenvalue weighted by atomic mass is 16.4. The van der Waals surface area contributed by atoms with E-state index < -0.39 is 12.0 Å². The second kappa shape index (κ2) is 6.15. The number of nitrogens with zero attached hydrogens (tertiary/aromatic N) is 2. The summed E-state index contributed by atoms with van der Waals surface area (Å²) >= 11 is 0. The minimum atomic E-state index is -0.824. The number of carboxylic acids is 1. The Morgan fingerprint density at radius 3 is 2.83 bits per heavy atom. The number of aliphatic carboxylic acids is 1. The van der Waals surface area contributed by atoms with Gasteiger partial charge in [-0.1, -0.05) is 0 Å². The van der Waals surface area contributed by atoms with Gasteiger partial charge >= 0.3 is 5.97 Å². The first kappa shape index (κ1) is 13.3. The van der Waals surface area contributed by atoms with E-state index in [4.69, 9.17) is 5.11 Å². The van der Waals surface area contributed by atoms with E-state index in [0.29, 0.717) is 18.8 Å². The average Bonchev–Trinajstić information content (AvgIpc) is 2.86. The lowest BCUT2D eigenvalue weighted by Gasteiger charge is -2.27. The second-order valence-electron chi connectivity index (χ2n) is 4.89. The fourth-order valence-electron chi connectivity index (χ4n) is 2.69. The van der Waals surface area contributed by atoms with Gasteiger partial charge < -0.3 is 20.4 Å². The molecule has 0 aromatic carbocycles. The number of aliphatic hydroxyl groups is 1. The quantitative estimate of drug-likeness (QED) is 0.475. The van der Waals surface area contributed by atoms with Gasteiger partial charge in [-0.3, -0.25) is 4.99 Å². The first-order chi connectivity index (χ1) is 8.72. The summed E-state index contributed by atoms with van der Waals surface area (Å²) in [5.41, 5.74) is 0. The fraction of sp³-hybridized carbons (Fsp3) is 0.833. The van der Waals surface area contributed by atoms with Crippen molar-refractivity contribution in [3.05, 3.63) is 0 Å². The molecule has 0 aromatic heterocycles. The second-order valence-corrected chi connectivity index (χ2v) is 4.89. The maximum absolute atomic E-state index is 11.1. The zero-order valence-electron chi connectivity index (χ0n) is 10.5. The molecule has 18 heavy (non-hydrogen) atoms. The molecule has 0 radical (unpaired) electrons. The molecular weight excluding hydrogens is 234 g/mol. The predicted octanol–water partition coefficient (Wildman–Crippen LogP) is -0.322. The predicted molar refractivity (Wildman–Crippen MR) is 67.8 cm³/mol. The smallest absolute Gasteiger partial charge is 0.326 e. The highest BCUT2D eigenvalue weighted by Gasteiger charge is 2.32. The Bertz CT molecular complexity index is 327. The number of likely N-dealkylation sites (tertiary alicyclic amines) is 1. The molecule has 2 unspecified atom stereocenters. The van der Waals surface area contributed by atoms with Crippen LogP contribution in [0.1, 0.15) is 25.7 Å². The Morgan fingerprint density at radius 1 is 1.39 bits per heavy atom. The summed E-state index contributed by atoms with van der Waals surface area (Å²) in [5, 5.41) is 21.8. The van der Waals surface area contributed by atoms with Gasteiger partial charge in [0.25, 0.3) is 0 Å². The summed E-state index contributed by atoms with van der Waals surface area (Å²) < 4.78 is 0. The SMILES string of the molecule is O=C(O)C1CCCN1C(CO)=NC1CCCNC1. The van der Waals surface area contributed by atoms with E-state index in [2.05, 4.69) is 10.3 Å². The van der Waals surface area contributed by atoms with Crippen LogP contribution in [0.15, 0.2) is 4.99 Å². The molecule has 2 aliphatic rings. The number of nitrogens with one attached hydrogen (secondary N) is 1. The first-order valence-corrected chi connectivity index (χ1v) is 6.60. The van der Waals surface area contributed by atoms with Crippen LogP contribution < -0.4 is 5.32 Å². The van der Waals surface area contributed by atoms with Crippen molar-refractivity contribution in [3.63, 3.8) is 0 Å². The highest BCUT2D eigenvalue weighted by molar-refractivity contribution is 5.88. The molecule has 2 aliphatic heterocycles. The van der Waals surface area contributed by atoms with Crippen LogP contribution in [0.2, 0.25) is 0 Å². The molecule has 102 valence electrons. The van der Waals surface area contributed by atoms with Crippen LogP contribution in [0, 0.1) is 0 Å². The number of rotatable bonds is 3. The molecule has 6 heteroatoms. The van der Waals surface area contributed by atoms with Gasteiger partial charge in [-0.05, 0) is 32.2 Å². The number of hydrogen-bond acceptors (Lipinski definition) is 4. The van der Waals surface area contributed by atoms with Crippen LogP contribution in [0.3, 0.4) is 0 Å². The van der Waals surface area contributed by atoms with E-state index in [0.717, 1.165) is 32.4 Å². The van der Waals surface area contributed by atoms with Crippen LogP contribution >= 0.6 is 0 Å². The van der Waals surface area contributed by atoms with E-state index in [1.165, 1.54) is 0 Å². The molecule has 0 saturated carbocycles. The van der Waals surface area contributed by atoms with Gasteiger partial charge in [-0.15, -0.1) is 0 Å². The van der Waals surface area contributed by atoms with Gasteiger partial charge in [-0.25, -0.2) is 4.79 Å². The molecule has 0 aromatic rings. The van der Waals surface area contributed by atoms with Crippen LogP contribution in [-0.2, 0) is 4.79 Å². The monoisotopic (exact) mass is 255 g/mol.